The molecule has 0 aromatic heterocycles. The molecule has 0 aliphatic rings. The summed E-state index contributed by atoms with van der Waals surface area (Å²) in [6.45, 7) is 4.42. The average molecular weight is 225 g/mol. The van der Waals surface area contributed by atoms with Crippen molar-refractivity contribution < 1.29 is 9.50 Å². The summed E-state index contributed by atoms with van der Waals surface area (Å²) >= 11 is 0. The summed E-state index contributed by atoms with van der Waals surface area (Å²) in [5.41, 5.74) is 2.09. The summed E-state index contributed by atoms with van der Waals surface area (Å²) in [5, 5.41) is 12.7. The number of hydrogen-bond acceptors (Lipinski definition) is 2. The highest BCUT2D eigenvalue weighted by molar-refractivity contribution is 5.35. The van der Waals surface area contributed by atoms with Gasteiger partial charge in [-0.15, -0.1) is 0 Å². The fourth-order valence-electron chi connectivity index (χ4n) is 1.69. The molecule has 0 saturated carbocycles. The molecule has 16 heavy (non-hydrogen) atoms. The van der Waals surface area contributed by atoms with Crippen molar-refractivity contribution in [1.82, 2.24) is 5.32 Å². The lowest BCUT2D eigenvalue weighted by Gasteiger charge is -2.13. The van der Waals surface area contributed by atoms with E-state index in [2.05, 4.69) is 12.2 Å². The number of phenols is 1. The Kier molecular flexibility index (Phi) is 5.26. The first-order chi connectivity index (χ1) is 7.63. The van der Waals surface area contributed by atoms with Crippen molar-refractivity contribution in [2.24, 2.45) is 0 Å². The van der Waals surface area contributed by atoms with E-state index in [1.807, 2.05) is 19.1 Å². The van der Waals surface area contributed by atoms with Crippen LogP contribution < -0.4 is 5.32 Å². The molecule has 0 radical (unpaired) electrons. The van der Waals surface area contributed by atoms with Gasteiger partial charge in [0, 0.05) is 6.04 Å². The van der Waals surface area contributed by atoms with Crippen LogP contribution >= 0.6 is 0 Å². The summed E-state index contributed by atoms with van der Waals surface area (Å²) in [4.78, 5) is 0. The molecule has 0 amide bonds. The predicted molar refractivity (Wildman–Crippen MR) is 64.6 cm³/mol. The molecule has 0 spiro atoms. The molecule has 1 aromatic rings. The van der Waals surface area contributed by atoms with Crippen molar-refractivity contribution in [2.75, 3.05) is 13.2 Å². The summed E-state index contributed by atoms with van der Waals surface area (Å²) in [6, 6.07) is 5.97. The molecule has 1 aromatic carbocycles. The number of alkyl halides is 1. The van der Waals surface area contributed by atoms with Gasteiger partial charge in [0.2, 0.25) is 0 Å². The predicted octanol–water partition coefficient (Wildman–Crippen LogP) is 2.58. The first-order valence-corrected chi connectivity index (χ1v) is 5.71. The maximum absolute atomic E-state index is 11.9. The first-order valence-electron chi connectivity index (χ1n) is 5.71. The van der Waals surface area contributed by atoms with E-state index in [0.717, 1.165) is 12.0 Å². The van der Waals surface area contributed by atoms with Gasteiger partial charge in [-0.1, -0.05) is 12.1 Å². The van der Waals surface area contributed by atoms with Crippen LogP contribution in [-0.2, 0) is 6.42 Å². The second-order valence-electron chi connectivity index (χ2n) is 4.22. The molecule has 0 aliphatic heterocycles. The Morgan fingerprint density at radius 2 is 2.19 bits per heavy atom. The third-order valence-corrected chi connectivity index (χ3v) is 2.61. The van der Waals surface area contributed by atoms with Crippen LogP contribution in [0.15, 0.2) is 18.2 Å². The van der Waals surface area contributed by atoms with E-state index >= 15 is 0 Å². The molecular formula is C13H20FNO. The minimum Gasteiger partial charge on any atom is -0.508 e. The Balaban J connectivity index is 2.43. The highest BCUT2D eigenvalue weighted by atomic mass is 19.1. The maximum atomic E-state index is 11.9. The molecular weight excluding hydrogens is 205 g/mol. The van der Waals surface area contributed by atoms with Crippen molar-refractivity contribution in [2.45, 2.75) is 32.7 Å². The van der Waals surface area contributed by atoms with E-state index in [-0.39, 0.29) is 6.67 Å². The van der Waals surface area contributed by atoms with Crippen LogP contribution in [0.3, 0.4) is 0 Å². The average Bonchev–Trinajstić information content (AvgIpc) is 2.24. The fraction of sp³-hybridized carbons (Fsp3) is 0.538. The summed E-state index contributed by atoms with van der Waals surface area (Å²) in [5.74, 6) is 0.335. The lowest BCUT2D eigenvalue weighted by atomic mass is 10.0. The second-order valence-corrected chi connectivity index (χ2v) is 4.22. The number of phenolic OH excluding ortho intramolecular Hbond substituents is 1. The summed E-state index contributed by atoms with van der Waals surface area (Å²) < 4.78 is 11.9. The molecule has 1 rings (SSSR count). The minimum atomic E-state index is -0.266. The smallest absolute Gasteiger partial charge is 0.118 e. The highest BCUT2D eigenvalue weighted by Crippen LogP contribution is 2.17. The van der Waals surface area contributed by atoms with Crippen LogP contribution in [0, 0.1) is 6.92 Å². The van der Waals surface area contributed by atoms with Gasteiger partial charge in [0.05, 0.1) is 6.67 Å². The van der Waals surface area contributed by atoms with Crippen molar-refractivity contribution in [3.05, 3.63) is 29.3 Å². The molecule has 0 bridgehead atoms. The van der Waals surface area contributed by atoms with Crippen molar-refractivity contribution in [3.8, 4) is 5.75 Å². The molecule has 0 aliphatic carbocycles. The van der Waals surface area contributed by atoms with Crippen molar-refractivity contribution in [1.29, 1.82) is 0 Å². The van der Waals surface area contributed by atoms with E-state index in [1.54, 1.807) is 6.07 Å². The lowest BCUT2D eigenvalue weighted by Crippen LogP contribution is -2.29. The van der Waals surface area contributed by atoms with Crippen LogP contribution in [0.25, 0.3) is 0 Å². The zero-order valence-corrected chi connectivity index (χ0v) is 9.96. The molecule has 0 saturated heterocycles. The zero-order chi connectivity index (χ0) is 12.0. The van der Waals surface area contributed by atoms with Gasteiger partial charge in [0.25, 0.3) is 0 Å². The Hall–Kier alpha value is -1.09. The molecule has 0 heterocycles. The van der Waals surface area contributed by atoms with Gasteiger partial charge in [-0.25, -0.2) is 0 Å². The Labute approximate surface area is 96.5 Å². The topological polar surface area (TPSA) is 32.3 Å². The van der Waals surface area contributed by atoms with E-state index in [1.165, 1.54) is 5.56 Å². The Morgan fingerprint density at radius 3 is 2.81 bits per heavy atom. The zero-order valence-electron chi connectivity index (χ0n) is 9.96. The highest BCUT2D eigenvalue weighted by Gasteiger charge is 2.04. The van der Waals surface area contributed by atoms with Crippen molar-refractivity contribution >= 4 is 0 Å². The normalized spacial score (nSPS) is 12.7. The van der Waals surface area contributed by atoms with E-state index < -0.39 is 0 Å². The van der Waals surface area contributed by atoms with Gasteiger partial charge < -0.3 is 10.4 Å². The maximum Gasteiger partial charge on any atom is 0.118 e. The van der Waals surface area contributed by atoms with Crippen LogP contribution in [0.4, 0.5) is 4.39 Å². The number of hydrogen-bond donors (Lipinski definition) is 2. The number of aromatic hydroxyl groups is 1. The fourth-order valence-corrected chi connectivity index (χ4v) is 1.69. The van der Waals surface area contributed by atoms with E-state index in [0.29, 0.717) is 24.8 Å². The molecule has 90 valence electrons. The monoisotopic (exact) mass is 225 g/mol. The van der Waals surface area contributed by atoms with E-state index in [9.17, 15) is 9.50 Å². The number of aryl methyl sites for hydroxylation is 1. The lowest BCUT2D eigenvalue weighted by molar-refractivity contribution is 0.441. The molecule has 1 unspecified atom stereocenters. The standard InChI is InChI=1S/C13H20FNO/c1-10-8-12(4-5-13(10)16)9-11(2)15-7-3-6-14/h4-5,8,11,15-16H,3,6-7,9H2,1-2H3. The third kappa shape index (κ3) is 4.19. The second kappa shape index (κ2) is 6.48. The van der Waals surface area contributed by atoms with E-state index in [4.69, 9.17) is 0 Å². The number of nitrogens with one attached hydrogen (secondary N) is 1. The van der Waals surface area contributed by atoms with Gasteiger partial charge >= 0.3 is 0 Å². The molecule has 2 N–H and O–H groups in total. The molecule has 3 heteroatoms. The van der Waals surface area contributed by atoms with Gasteiger partial charge in [-0.3, -0.25) is 4.39 Å². The van der Waals surface area contributed by atoms with Crippen molar-refractivity contribution in [3.63, 3.8) is 0 Å². The van der Waals surface area contributed by atoms with Gasteiger partial charge in [-0.05, 0) is 50.4 Å². The van der Waals surface area contributed by atoms with Gasteiger partial charge in [-0.2, -0.15) is 0 Å². The van der Waals surface area contributed by atoms with Crippen LogP contribution in [-0.4, -0.2) is 24.4 Å². The Morgan fingerprint density at radius 1 is 1.44 bits per heavy atom. The van der Waals surface area contributed by atoms with Gasteiger partial charge in [0.15, 0.2) is 0 Å². The molecule has 0 fully saturated rings. The SMILES string of the molecule is Cc1cc(CC(C)NCCCF)ccc1O. The quantitative estimate of drug-likeness (QED) is 0.729. The van der Waals surface area contributed by atoms with Crippen LogP contribution in [0.1, 0.15) is 24.5 Å². The third-order valence-electron chi connectivity index (χ3n) is 2.61. The summed E-state index contributed by atoms with van der Waals surface area (Å²) in [7, 11) is 0. The number of benzene rings is 1. The molecule has 2 nitrogen and oxygen atoms in total. The van der Waals surface area contributed by atoms with Crippen LogP contribution in [0.5, 0.6) is 5.75 Å². The van der Waals surface area contributed by atoms with Gasteiger partial charge in [0.1, 0.15) is 5.75 Å². The van der Waals surface area contributed by atoms with Crippen LogP contribution in [0.2, 0.25) is 0 Å². The number of halogens is 1. The number of rotatable bonds is 6. The molecule has 1 atom stereocenters. The minimum absolute atomic E-state index is 0.266. The Bertz CT molecular complexity index is 328. The summed E-state index contributed by atoms with van der Waals surface area (Å²) in [6.07, 6.45) is 1.46. The largest absolute Gasteiger partial charge is 0.508 e. The first kappa shape index (κ1) is 13.0.